The first-order chi connectivity index (χ1) is 11.9. The molecule has 0 amide bonds. The highest BCUT2D eigenvalue weighted by molar-refractivity contribution is 6.34. The molecule has 8 nitrogen and oxygen atoms in total. The predicted octanol–water partition coefficient (Wildman–Crippen LogP) is 2.29. The summed E-state index contributed by atoms with van der Waals surface area (Å²) >= 11 is 12.4. The lowest BCUT2D eigenvalue weighted by molar-refractivity contribution is 0.101. The number of carbonyl (C=O) groups is 1. The number of ketones is 1. The van der Waals surface area contributed by atoms with Gasteiger partial charge in [-0.05, 0) is 11.6 Å². The van der Waals surface area contributed by atoms with E-state index in [-0.39, 0.29) is 57.8 Å². The number of Topliss-reactive ketones (excluding diaryl/α,β-unsaturated/α-hetero) is 1. The summed E-state index contributed by atoms with van der Waals surface area (Å²) < 4.78 is 10.3. The van der Waals surface area contributed by atoms with Gasteiger partial charge in [0.2, 0.25) is 11.7 Å². The Kier molecular flexibility index (Phi) is 4.49. The third-order valence-electron chi connectivity index (χ3n) is 3.78. The lowest BCUT2D eigenvalue weighted by Crippen LogP contribution is -2.23. The van der Waals surface area contributed by atoms with E-state index in [0.717, 1.165) is 0 Å². The molecule has 0 saturated heterocycles. The van der Waals surface area contributed by atoms with Crippen LogP contribution in [-0.2, 0) is 6.54 Å². The van der Waals surface area contributed by atoms with Crippen molar-refractivity contribution in [2.45, 2.75) is 6.54 Å². The SMILES string of the molecule is COc1c(O)cc(CN2CC(=O)c3c(Cl)nc(N)nc32)c(Cl)c1OC. The lowest BCUT2D eigenvalue weighted by Gasteiger charge is -2.20. The largest absolute Gasteiger partial charge is 0.504 e. The number of methoxy groups -OCH3 is 2. The molecule has 0 aliphatic carbocycles. The van der Waals surface area contributed by atoms with Crippen molar-refractivity contribution in [2.75, 3.05) is 31.4 Å². The van der Waals surface area contributed by atoms with E-state index in [2.05, 4.69) is 9.97 Å². The number of aromatic hydroxyl groups is 1. The predicted molar refractivity (Wildman–Crippen MR) is 93.1 cm³/mol. The lowest BCUT2D eigenvalue weighted by atomic mass is 10.1. The molecule has 0 radical (unpaired) electrons. The zero-order valence-corrected chi connectivity index (χ0v) is 14.9. The summed E-state index contributed by atoms with van der Waals surface area (Å²) in [5.74, 6) is 0.261. The molecule has 0 bridgehead atoms. The summed E-state index contributed by atoms with van der Waals surface area (Å²) in [6.07, 6.45) is 0. The van der Waals surface area contributed by atoms with Gasteiger partial charge < -0.3 is 25.2 Å². The normalized spacial score (nSPS) is 13.1. The van der Waals surface area contributed by atoms with Gasteiger partial charge in [-0.15, -0.1) is 0 Å². The number of carbonyl (C=O) groups excluding carboxylic acids is 1. The fourth-order valence-electron chi connectivity index (χ4n) is 2.72. The molecule has 0 saturated carbocycles. The van der Waals surface area contributed by atoms with Crippen molar-refractivity contribution in [3.63, 3.8) is 0 Å². The second kappa shape index (κ2) is 6.45. The maximum atomic E-state index is 12.2. The van der Waals surface area contributed by atoms with Crippen LogP contribution in [0.15, 0.2) is 6.07 Å². The molecule has 2 heterocycles. The Hall–Kier alpha value is -2.45. The molecule has 3 N–H and O–H groups in total. The first-order valence-electron chi connectivity index (χ1n) is 7.10. The van der Waals surface area contributed by atoms with E-state index in [1.54, 1.807) is 4.90 Å². The van der Waals surface area contributed by atoms with Gasteiger partial charge in [0.15, 0.2) is 17.3 Å². The number of benzene rings is 1. The van der Waals surface area contributed by atoms with Gasteiger partial charge in [-0.25, -0.2) is 4.98 Å². The van der Waals surface area contributed by atoms with Gasteiger partial charge in [0.05, 0.1) is 31.4 Å². The molecule has 0 unspecified atom stereocenters. The van der Waals surface area contributed by atoms with Gasteiger partial charge in [-0.1, -0.05) is 23.2 Å². The van der Waals surface area contributed by atoms with Gasteiger partial charge >= 0.3 is 0 Å². The average molecular weight is 385 g/mol. The third-order valence-corrected chi connectivity index (χ3v) is 4.46. The number of fused-ring (bicyclic) bond motifs is 1. The van der Waals surface area contributed by atoms with E-state index in [9.17, 15) is 9.90 Å². The van der Waals surface area contributed by atoms with Crippen LogP contribution in [-0.4, -0.2) is 41.6 Å². The molecule has 2 aromatic rings. The summed E-state index contributed by atoms with van der Waals surface area (Å²) in [5, 5.41) is 10.4. The number of anilines is 2. The van der Waals surface area contributed by atoms with E-state index < -0.39 is 0 Å². The Morgan fingerprint density at radius 2 is 1.96 bits per heavy atom. The minimum absolute atomic E-state index is 0.0104. The quantitative estimate of drug-likeness (QED) is 0.772. The van der Waals surface area contributed by atoms with E-state index in [0.29, 0.717) is 11.4 Å². The molecule has 0 fully saturated rings. The zero-order chi connectivity index (χ0) is 18.3. The number of phenols is 1. The highest BCUT2D eigenvalue weighted by Gasteiger charge is 2.33. The summed E-state index contributed by atoms with van der Waals surface area (Å²) in [4.78, 5) is 21.7. The molecular weight excluding hydrogens is 371 g/mol. The number of halogens is 2. The van der Waals surface area contributed by atoms with Crippen LogP contribution in [0.5, 0.6) is 17.2 Å². The van der Waals surface area contributed by atoms with Crippen LogP contribution >= 0.6 is 23.2 Å². The fourth-order valence-corrected chi connectivity index (χ4v) is 3.27. The van der Waals surface area contributed by atoms with Gasteiger partial charge in [0.1, 0.15) is 11.0 Å². The van der Waals surface area contributed by atoms with Crippen LogP contribution in [0.25, 0.3) is 0 Å². The number of nitrogens with zero attached hydrogens (tertiary/aromatic N) is 3. The number of phenolic OH excluding ortho intramolecular Hbond substituents is 1. The summed E-state index contributed by atoms with van der Waals surface area (Å²) in [5.41, 5.74) is 6.36. The first kappa shape index (κ1) is 17.4. The molecule has 25 heavy (non-hydrogen) atoms. The van der Waals surface area contributed by atoms with Crippen molar-refractivity contribution < 1.29 is 19.4 Å². The molecular formula is C15H14Cl2N4O4. The van der Waals surface area contributed by atoms with Crippen LogP contribution < -0.4 is 20.1 Å². The van der Waals surface area contributed by atoms with Crippen LogP contribution in [0.4, 0.5) is 11.8 Å². The number of aromatic nitrogens is 2. The zero-order valence-electron chi connectivity index (χ0n) is 13.3. The number of hydrogen-bond donors (Lipinski definition) is 2. The molecule has 1 aliphatic rings. The number of nitrogen functional groups attached to an aromatic ring is 1. The maximum absolute atomic E-state index is 12.2. The van der Waals surface area contributed by atoms with Crippen molar-refractivity contribution in [1.82, 2.24) is 9.97 Å². The fraction of sp³-hybridized carbons (Fsp3) is 0.267. The smallest absolute Gasteiger partial charge is 0.223 e. The number of nitrogens with two attached hydrogens (primary N) is 1. The van der Waals surface area contributed by atoms with E-state index in [4.69, 9.17) is 38.4 Å². The van der Waals surface area contributed by atoms with Gasteiger partial charge in [-0.2, -0.15) is 4.98 Å². The molecule has 0 spiro atoms. The standard InChI is InChI=1S/C15H14Cl2N4O4/c1-24-11-7(22)3-6(10(16)12(11)25-2)4-21-5-8(23)9-13(17)19-15(18)20-14(9)21/h3,22H,4-5H2,1-2H3,(H2,18,19,20). The summed E-state index contributed by atoms with van der Waals surface area (Å²) in [7, 11) is 2.81. The highest BCUT2D eigenvalue weighted by Crippen LogP contribution is 2.45. The number of hydrogen-bond acceptors (Lipinski definition) is 8. The minimum atomic E-state index is -0.221. The van der Waals surface area contributed by atoms with Crippen LogP contribution in [0, 0.1) is 0 Å². The highest BCUT2D eigenvalue weighted by atomic mass is 35.5. The Labute approximate surface area is 153 Å². The monoisotopic (exact) mass is 384 g/mol. The van der Waals surface area contributed by atoms with E-state index in [1.807, 2.05) is 0 Å². The molecule has 132 valence electrons. The Balaban J connectivity index is 2.03. The third kappa shape index (κ3) is 2.87. The number of ether oxygens (including phenoxy) is 2. The van der Waals surface area contributed by atoms with Crippen molar-refractivity contribution in [2.24, 2.45) is 0 Å². The molecule has 0 atom stereocenters. The van der Waals surface area contributed by atoms with Crippen LogP contribution in [0.2, 0.25) is 10.2 Å². The number of rotatable bonds is 4. The van der Waals surface area contributed by atoms with Crippen molar-refractivity contribution >= 4 is 40.8 Å². The van der Waals surface area contributed by atoms with Crippen LogP contribution in [0.1, 0.15) is 15.9 Å². The van der Waals surface area contributed by atoms with E-state index >= 15 is 0 Å². The van der Waals surface area contributed by atoms with Gasteiger partial charge in [-0.3, -0.25) is 4.79 Å². The molecule has 10 heteroatoms. The topological polar surface area (TPSA) is 111 Å². The van der Waals surface area contributed by atoms with Crippen molar-refractivity contribution in [3.8, 4) is 17.2 Å². The molecule has 1 aromatic carbocycles. The molecule has 3 rings (SSSR count). The Bertz CT molecular complexity index is 875. The second-order valence-electron chi connectivity index (χ2n) is 5.29. The van der Waals surface area contributed by atoms with Crippen LogP contribution in [0.3, 0.4) is 0 Å². The van der Waals surface area contributed by atoms with Gasteiger partial charge in [0, 0.05) is 6.54 Å². The Morgan fingerprint density at radius 1 is 1.28 bits per heavy atom. The van der Waals surface area contributed by atoms with E-state index in [1.165, 1.54) is 20.3 Å². The summed E-state index contributed by atoms with van der Waals surface area (Å²) in [6.45, 7) is 0.219. The second-order valence-corrected chi connectivity index (χ2v) is 6.02. The minimum Gasteiger partial charge on any atom is -0.504 e. The Morgan fingerprint density at radius 3 is 2.60 bits per heavy atom. The average Bonchev–Trinajstić information content (AvgIpc) is 2.86. The summed E-state index contributed by atoms with van der Waals surface area (Å²) in [6, 6.07) is 1.44. The first-order valence-corrected chi connectivity index (χ1v) is 7.86. The molecule has 1 aliphatic heterocycles. The molecule has 1 aromatic heterocycles. The van der Waals surface area contributed by atoms with Crippen molar-refractivity contribution in [1.29, 1.82) is 0 Å². The maximum Gasteiger partial charge on any atom is 0.223 e. The van der Waals surface area contributed by atoms with Gasteiger partial charge in [0.25, 0.3) is 0 Å². The van der Waals surface area contributed by atoms with Crippen molar-refractivity contribution in [3.05, 3.63) is 27.4 Å².